The van der Waals surface area contributed by atoms with E-state index in [0.29, 0.717) is 6.04 Å². The van der Waals surface area contributed by atoms with Gasteiger partial charge in [0.15, 0.2) is 0 Å². The molecule has 1 saturated heterocycles. The summed E-state index contributed by atoms with van der Waals surface area (Å²) < 4.78 is 3.06. The van der Waals surface area contributed by atoms with Gasteiger partial charge in [0.05, 0.1) is 16.4 Å². The predicted molar refractivity (Wildman–Crippen MR) is 80.1 cm³/mol. The van der Waals surface area contributed by atoms with E-state index in [9.17, 15) is 0 Å². The molecular weight excluding hydrogens is 316 g/mol. The van der Waals surface area contributed by atoms with Crippen LogP contribution in [0.25, 0.3) is 0 Å². The van der Waals surface area contributed by atoms with E-state index < -0.39 is 0 Å². The molecule has 104 valence electrons. The molecule has 2 heterocycles. The first kappa shape index (κ1) is 16.0. The third kappa shape index (κ3) is 3.95. The minimum Gasteiger partial charge on any atom is -0.317 e. The average Bonchev–Trinajstić information content (AvgIpc) is 2.59. The summed E-state index contributed by atoms with van der Waals surface area (Å²) in [5, 5.41) is 7.72. The van der Waals surface area contributed by atoms with Gasteiger partial charge in [-0.3, -0.25) is 9.58 Å². The second-order valence-corrected chi connectivity index (χ2v) is 5.67. The molecule has 1 aliphatic rings. The van der Waals surface area contributed by atoms with Gasteiger partial charge >= 0.3 is 0 Å². The number of nitrogens with zero attached hydrogens (tertiary/aromatic N) is 3. The minimum absolute atomic E-state index is 0. The van der Waals surface area contributed by atoms with Gasteiger partial charge in [-0.2, -0.15) is 5.10 Å². The summed E-state index contributed by atoms with van der Waals surface area (Å²) in [6, 6.07) is 0.687. The van der Waals surface area contributed by atoms with Crippen molar-refractivity contribution in [3.8, 4) is 0 Å². The molecule has 0 bridgehead atoms. The Morgan fingerprint density at radius 3 is 2.94 bits per heavy atom. The number of hydrogen-bond acceptors (Lipinski definition) is 3. The molecule has 0 aliphatic carbocycles. The smallest absolute Gasteiger partial charge is 0.0663 e. The summed E-state index contributed by atoms with van der Waals surface area (Å²) in [4.78, 5) is 2.45. The maximum Gasteiger partial charge on any atom is 0.0663 e. The molecule has 0 saturated carbocycles. The molecule has 1 aromatic heterocycles. The van der Waals surface area contributed by atoms with Crippen LogP contribution in [-0.2, 0) is 13.6 Å². The highest BCUT2D eigenvalue weighted by Gasteiger charge is 2.18. The van der Waals surface area contributed by atoms with E-state index in [2.05, 4.69) is 38.3 Å². The zero-order valence-electron chi connectivity index (χ0n) is 11.0. The zero-order valence-corrected chi connectivity index (χ0v) is 13.4. The van der Waals surface area contributed by atoms with Gasteiger partial charge in [-0.25, -0.2) is 0 Å². The molecule has 4 nitrogen and oxygen atoms in total. The topological polar surface area (TPSA) is 33.1 Å². The highest BCUT2D eigenvalue weighted by atomic mass is 79.9. The van der Waals surface area contributed by atoms with Crippen LogP contribution in [0.3, 0.4) is 0 Å². The molecule has 1 aromatic rings. The summed E-state index contributed by atoms with van der Waals surface area (Å²) in [5.41, 5.74) is 1.25. The van der Waals surface area contributed by atoms with Crippen molar-refractivity contribution < 1.29 is 0 Å². The van der Waals surface area contributed by atoms with Crippen LogP contribution >= 0.6 is 28.3 Å². The van der Waals surface area contributed by atoms with Crippen molar-refractivity contribution in [2.24, 2.45) is 7.05 Å². The Labute approximate surface area is 124 Å². The first-order chi connectivity index (χ1) is 8.18. The van der Waals surface area contributed by atoms with Crippen LogP contribution in [0.5, 0.6) is 0 Å². The molecule has 0 aromatic carbocycles. The molecule has 1 fully saturated rings. The Bertz CT molecular complexity index is 341. The fourth-order valence-electron chi connectivity index (χ4n) is 2.42. The van der Waals surface area contributed by atoms with Gasteiger partial charge in [0.1, 0.15) is 0 Å². The summed E-state index contributed by atoms with van der Waals surface area (Å²) in [6.45, 7) is 3.27. The fraction of sp³-hybridized carbons (Fsp3) is 0.750. The SMILES string of the molecule is CN(Cc1c(Br)cnn1C)C1CCCNCC1.Cl. The maximum absolute atomic E-state index is 4.26. The van der Waals surface area contributed by atoms with E-state index >= 15 is 0 Å². The summed E-state index contributed by atoms with van der Waals surface area (Å²) in [5.74, 6) is 0. The summed E-state index contributed by atoms with van der Waals surface area (Å²) in [7, 11) is 4.22. The van der Waals surface area contributed by atoms with Crippen molar-refractivity contribution in [3.63, 3.8) is 0 Å². The van der Waals surface area contributed by atoms with E-state index in [0.717, 1.165) is 17.6 Å². The molecule has 2 rings (SSSR count). The van der Waals surface area contributed by atoms with Gasteiger partial charge in [0.2, 0.25) is 0 Å². The van der Waals surface area contributed by atoms with Crippen LogP contribution in [0, 0.1) is 0 Å². The Balaban J connectivity index is 0.00000162. The predicted octanol–water partition coefficient (Wildman–Crippen LogP) is 2.18. The Morgan fingerprint density at radius 2 is 2.28 bits per heavy atom. The van der Waals surface area contributed by atoms with Crippen LogP contribution in [0.1, 0.15) is 25.0 Å². The van der Waals surface area contributed by atoms with E-state index in [-0.39, 0.29) is 12.4 Å². The van der Waals surface area contributed by atoms with Crippen molar-refractivity contribution in [2.75, 3.05) is 20.1 Å². The van der Waals surface area contributed by atoms with Crippen molar-refractivity contribution in [2.45, 2.75) is 31.8 Å². The highest BCUT2D eigenvalue weighted by molar-refractivity contribution is 9.10. The number of halogens is 2. The monoisotopic (exact) mass is 336 g/mol. The molecule has 6 heteroatoms. The minimum atomic E-state index is 0. The van der Waals surface area contributed by atoms with Crippen LogP contribution < -0.4 is 5.32 Å². The van der Waals surface area contributed by atoms with E-state index in [1.54, 1.807) is 0 Å². The number of hydrogen-bond donors (Lipinski definition) is 1. The van der Waals surface area contributed by atoms with Gasteiger partial charge in [-0.15, -0.1) is 12.4 Å². The molecule has 1 N–H and O–H groups in total. The lowest BCUT2D eigenvalue weighted by molar-refractivity contribution is 0.211. The van der Waals surface area contributed by atoms with Gasteiger partial charge in [-0.1, -0.05) is 0 Å². The van der Waals surface area contributed by atoms with Crippen LogP contribution in [-0.4, -0.2) is 40.9 Å². The Hall–Kier alpha value is -0.100. The Morgan fingerprint density at radius 1 is 1.50 bits per heavy atom. The largest absolute Gasteiger partial charge is 0.317 e. The number of nitrogens with one attached hydrogen (secondary N) is 1. The average molecular weight is 338 g/mol. The maximum atomic E-state index is 4.26. The van der Waals surface area contributed by atoms with Gasteiger partial charge in [0, 0.05) is 19.6 Å². The first-order valence-corrected chi connectivity index (χ1v) is 7.05. The fourth-order valence-corrected chi connectivity index (χ4v) is 2.89. The third-order valence-corrected chi connectivity index (χ3v) is 4.24. The van der Waals surface area contributed by atoms with Gasteiger partial charge in [-0.05, 0) is 55.3 Å². The Kier molecular flexibility index (Phi) is 6.63. The van der Waals surface area contributed by atoms with Gasteiger partial charge < -0.3 is 5.32 Å². The molecule has 18 heavy (non-hydrogen) atoms. The van der Waals surface area contributed by atoms with E-state index in [4.69, 9.17) is 0 Å². The van der Waals surface area contributed by atoms with Crippen molar-refractivity contribution in [1.82, 2.24) is 20.0 Å². The van der Waals surface area contributed by atoms with Crippen LogP contribution in [0.15, 0.2) is 10.7 Å². The van der Waals surface area contributed by atoms with E-state index in [1.165, 1.54) is 31.5 Å². The number of aryl methyl sites for hydroxylation is 1. The van der Waals surface area contributed by atoms with Gasteiger partial charge in [0.25, 0.3) is 0 Å². The summed E-state index contributed by atoms with van der Waals surface area (Å²) in [6.07, 6.45) is 5.68. The molecule has 0 radical (unpaired) electrons. The first-order valence-electron chi connectivity index (χ1n) is 6.26. The molecular formula is C12H22BrClN4. The quantitative estimate of drug-likeness (QED) is 0.918. The van der Waals surface area contributed by atoms with Crippen LogP contribution in [0.2, 0.25) is 0 Å². The second-order valence-electron chi connectivity index (χ2n) is 4.81. The molecule has 1 aliphatic heterocycles. The standard InChI is InChI=1S/C12H21BrN4.ClH/c1-16(10-4-3-6-14-7-5-10)9-12-11(13)8-15-17(12)2;/h8,10,14H,3-7,9H2,1-2H3;1H. The lowest BCUT2D eigenvalue weighted by Gasteiger charge is -2.26. The van der Waals surface area contributed by atoms with Crippen LogP contribution in [0.4, 0.5) is 0 Å². The third-order valence-electron chi connectivity index (χ3n) is 3.58. The van der Waals surface area contributed by atoms with Crippen molar-refractivity contribution in [1.29, 1.82) is 0 Å². The lowest BCUT2D eigenvalue weighted by Crippen LogP contribution is -2.32. The highest BCUT2D eigenvalue weighted by Crippen LogP contribution is 2.20. The molecule has 0 spiro atoms. The van der Waals surface area contributed by atoms with Crippen molar-refractivity contribution in [3.05, 3.63) is 16.4 Å². The molecule has 1 unspecified atom stereocenters. The summed E-state index contributed by atoms with van der Waals surface area (Å²) >= 11 is 3.56. The normalized spacial score (nSPS) is 20.6. The molecule has 1 atom stereocenters. The number of rotatable bonds is 3. The second kappa shape index (κ2) is 7.48. The van der Waals surface area contributed by atoms with Crippen molar-refractivity contribution >= 4 is 28.3 Å². The zero-order chi connectivity index (χ0) is 12.3. The number of aromatic nitrogens is 2. The lowest BCUT2D eigenvalue weighted by atomic mass is 10.1. The molecule has 0 amide bonds. The van der Waals surface area contributed by atoms with E-state index in [1.807, 2.05) is 17.9 Å².